The van der Waals surface area contributed by atoms with Crippen molar-refractivity contribution in [3.63, 3.8) is 0 Å². The first-order valence-electron chi connectivity index (χ1n) is 17.5. The number of rotatable bonds is 13. The Balaban J connectivity index is 1.56. The van der Waals surface area contributed by atoms with E-state index in [1.165, 1.54) is 9.21 Å². The molecule has 1 aromatic heterocycles. The van der Waals surface area contributed by atoms with Gasteiger partial charge in [-0.25, -0.2) is 13.2 Å². The Morgan fingerprint density at radius 2 is 1.64 bits per heavy atom. The van der Waals surface area contributed by atoms with Gasteiger partial charge >= 0.3 is 6.03 Å². The smallest absolute Gasteiger partial charge is 0.315 e. The van der Waals surface area contributed by atoms with E-state index >= 15 is 0 Å². The van der Waals surface area contributed by atoms with Crippen molar-refractivity contribution in [1.29, 1.82) is 0 Å². The Kier molecular flexibility index (Phi) is 11.3. The second-order valence-electron chi connectivity index (χ2n) is 17.2. The Bertz CT molecular complexity index is 1570. The standard InChI is InChI=1S/C35H56N6O7S2/c1-19(2)41(50(47,48)23-15-12-16-49-23)18-22(33(3,4)5)37-32(46)39-28(34(6,7)8)31(45)40-17-21-24(35(21,9)10)26(40)30(44)38-25(20-13-11-14-20)27(42)29(36)43/h12,15-16,19-22,24-26,28H,11,13-14,17-18H2,1-10H3,(H2,36,43)(H,38,44)(H2,37,39,46)/t21-,22+,24-,25?,26-,28+/m0/s1. The van der Waals surface area contributed by atoms with E-state index in [2.05, 4.69) is 16.0 Å². The van der Waals surface area contributed by atoms with Gasteiger partial charge in [-0.2, -0.15) is 4.31 Å². The van der Waals surface area contributed by atoms with E-state index in [0.29, 0.717) is 19.4 Å². The molecule has 3 fully saturated rings. The topological polar surface area (TPSA) is 188 Å². The van der Waals surface area contributed by atoms with Crippen LogP contribution in [0.3, 0.4) is 0 Å². The largest absolute Gasteiger partial charge is 0.363 e. The molecule has 0 spiro atoms. The molecule has 1 saturated heterocycles. The second kappa shape index (κ2) is 14.2. The molecule has 0 bridgehead atoms. The summed E-state index contributed by atoms with van der Waals surface area (Å²) in [7, 11) is -3.83. The average Bonchev–Trinajstić information content (AvgIpc) is 3.41. The fourth-order valence-corrected chi connectivity index (χ4v) is 10.1. The molecule has 0 aromatic carbocycles. The molecule has 280 valence electrons. The lowest BCUT2D eigenvalue weighted by molar-refractivity contribution is -0.145. The summed E-state index contributed by atoms with van der Waals surface area (Å²) in [6, 6.07) is -1.43. The number of fused-ring (bicyclic) bond motifs is 1. The predicted molar refractivity (Wildman–Crippen MR) is 191 cm³/mol. The van der Waals surface area contributed by atoms with E-state index in [1.54, 1.807) is 31.4 Å². The van der Waals surface area contributed by atoms with E-state index in [4.69, 9.17) is 5.73 Å². The van der Waals surface area contributed by atoms with Gasteiger partial charge in [-0.3, -0.25) is 19.2 Å². The molecule has 0 radical (unpaired) electrons. The number of urea groups is 1. The van der Waals surface area contributed by atoms with Crippen molar-refractivity contribution in [2.24, 2.45) is 39.7 Å². The number of hydrogen-bond acceptors (Lipinski definition) is 8. The van der Waals surface area contributed by atoms with Crippen molar-refractivity contribution in [3.8, 4) is 0 Å². The van der Waals surface area contributed by atoms with Gasteiger partial charge in [-0.15, -0.1) is 11.3 Å². The molecule has 1 unspecified atom stereocenters. The monoisotopic (exact) mass is 736 g/mol. The SMILES string of the molecule is CC(C)N(C[C@@H](NC(=O)N[C@H](C(=O)N1C[C@H]2[C@@H]([C@H]1C(=O)NC(C(=O)C(N)=O)C1CCC1)C2(C)C)C(C)(C)C)C(C)(C)C)S(=O)(=O)c1cccs1. The summed E-state index contributed by atoms with van der Waals surface area (Å²) in [6.45, 7) is 19.1. The zero-order valence-corrected chi connectivity index (χ0v) is 32.7. The minimum atomic E-state index is -3.83. The van der Waals surface area contributed by atoms with Crippen molar-refractivity contribution in [1.82, 2.24) is 25.2 Å². The summed E-state index contributed by atoms with van der Waals surface area (Å²) in [6.07, 6.45) is 2.25. The highest BCUT2D eigenvalue weighted by Crippen LogP contribution is 2.65. The van der Waals surface area contributed by atoms with E-state index in [-0.39, 0.29) is 33.9 Å². The number of nitrogens with one attached hydrogen (secondary N) is 3. The van der Waals surface area contributed by atoms with Crippen molar-refractivity contribution >= 4 is 50.9 Å². The number of sulfonamides is 1. The molecule has 1 aromatic rings. The number of piperidine rings is 1. The van der Waals surface area contributed by atoms with Gasteiger partial charge in [0.15, 0.2) is 0 Å². The predicted octanol–water partition coefficient (Wildman–Crippen LogP) is 3.10. The first kappa shape index (κ1) is 39.7. The van der Waals surface area contributed by atoms with E-state index in [1.807, 2.05) is 55.4 Å². The number of Topliss-reactive ketones (excluding diaryl/α,β-unsaturated/α-hetero) is 1. The van der Waals surface area contributed by atoms with Crippen LogP contribution in [0, 0.1) is 34.0 Å². The molecule has 6 atom stereocenters. The second-order valence-corrected chi connectivity index (χ2v) is 20.3. The molecule has 2 saturated carbocycles. The molecule has 15 heteroatoms. The number of ketones is 1. The number of hydrogen-bond donors (Lipinski definition) is 4. The van der Waals surface area contributed by atoms with Crippen LogP contribution in [0.15, 0.2) is 21.7 Å². The molecular weight excluding hydrogens is 681 g/mol. The van der Waals surface area contributed by atoms with Crippen LogP contribution < -0.4 is 21.7 Å². The highest BCUT2D eigenvalue weighted by Gasteiger charge is 2.70. The Morgan fingerprint density at radius 1 is 1.02 bits per heavy atom. The van der Waals surface area contributed by atoms with Crippen LogP contribution in [0.5, 0.6) is 0 Å². The number of carbonyl (C=O) groups excluding carboxylic acids is 5. The van der Waals surface area contributed by atoms with Crippen LogP contribution in [0.25, 0.3) is 0 Å². The fraction of sp³-hybridized carbons (Fsp3) is 0.743. The first-order chi connectivity index (χ1) is 22.9. The number of likely N-dealkylation sites (tertiary alicyclic amines) is 1. The third-order valence-electron chi connectivity index (χ3n) is 10.9. The molecule has 2 heterocycles. The summed E-state index contributed by atoms with van der Waals surface area (Å²) in [5.41, 5.74) is 3.77. The number of thiophene rings is 1. The van der Waals surface area contributed by atoms with Gasteiger partial charge < -0.3 is 26.6 Å². The molecule has 3 aliphatic rings. The van der Waals surface area contributed by atoms with Crippen LogP contribution >= 0.6 is 11.3 Å². The number of carbonyl (C=O) groups is 5. The van der Waals surface area contributed by atoms with Gasteiger partial charge in [0.25, 0.3) is 15.9 Å². The van der Waals surface area contributed by atoms with Gasteiger partial charge in [0.05, 0.1) is 0 Å². The first-order valence-corrected chi connectivity index (χ1v) is 19.8. The zero-order chi connectivity index (χ0) is 37.7. The molecule has 50 heavy (non-hydrogen) atoms. The summed E-state index contributed by atoms with van der Waals surface area (Å²) in [5.74, 6) is -3.20. The highest BCUT2D eigenvalue weighted by molar-refractivity contribution is 7.91. The molecule has 1 aliphatic heterocycles. The average molecular weight is 737 g/mol. The Labute approximate surface area is 300 Å². The van der Waals surface area contributed by atoms with Crippen LogP contribution in [0.2, 0.25) is 0 Å². The quantitative estimate of drug-likeness (QED) is 0.224. The molecular formula is C35H56N6O7S2. The maximum absolute atomic E-state index is 14.4. The van der Waals surface area contributed by atoms with Crippen LogP contribution in [0.4, 0.5) is 4.79 Å². The summed E-state index contributed by atoms with van der Waals surface area (Å²) in [5, 5.41) is 10.3. The molecule has 4 rings (SSSR count). The Morgan fingerprint density at radius 3 is 2.10 bits per heavy atom. The van der Waals surface area contributed by atoms with Crippen LogP contribution in [-0.2, 0) is 29.2 Å². The minimum Gasteiger partial charge on any atom is -0.363 e. The summed E-state index contributed by atoms with van der Waals surface area (Å²) >= 11 is 1.13. The van der Waals surface area contributed by atoms with Gasteiger partial charge in [-0.05, 0) is 72.1 Å². The minimum absolute atomic E-state index is 0.00193. The van der Waals surface area contributed by atoms with Crippen molar-refractivity contribution < 1.29 is 32.4 Å². The van der Waals surface area contributed by atoms with Gasteiger partial charge in [-0.1, -0.05) is 67.9 Å². The van der Waals surface area contributed by atoms with Gasteiger partial charge in [0, 0.05) is 25.2 Å². The normalized spacial score (nSPS) is 23.8. The maximum Gasteiger partial charge on any atom is 0.315 e. The van der Waals surface area contributed by atoms with E-state index in [0.717, 1.165) is 17.8 Å². The lowest BCUT2D eigenvalue weighted by atomic mass is 9.78. The van der Waals surface area contributed by atoms with Crippen molar-refractivity contribution in [3.05, 3.63) is 17.5 Å². The molecule has 13 nitrogen and oxygen atoms in total. The number of nitrogens with zero attached hydrogens (tertiary/aromatic N) is 2. The molecule has 5 N–H and O–H groups in total. The number of nitrogens with two attached hydrogens (primary N) is 1. The number of primary amides is 1. The lowest BCUT2D eigenvalue weighted by Gasteiger charge is -2.40. The Hall–Kier alpha value is -3.04. The third-order valence-corrected chi connectivity index (χ3v) is 14.4. The fourth-order valence-electron chi connectivity index (χ4n) is 7.35. The van der Waals surface area contributed by atoms with Crippen LogP contribution in [0.1, 0.15) is 88.5 Å². The third kappa shape index (κ3) is 8.04. The van der Waals surface area contributed by atoms with E-state index < -0.39 is 80.6 Å². The van der Waals surface area contributed by atoms with Gasteiger partial charge in [0.1, 0.15) is 22.3 Å². The van der Waals surface area contributed by atoms with Crippen molar-refractivity contribution in [2.75, 3.05) is 13.1 Å². The van der Waals surface area contributed by atoms with Gasteiger partial charge in [0.2, 0.25) is 17.6 Å². The highest BCUT2D eigenvalue weighted by atomic mass is 32.2. The zero-order valence-electron chi connectivity index (χ0n) is 31.0. The maximum atomic E-state index is 14.4. The van der Waals surface area contributed by atoms with Crippen molar-refractivity contribution in [2.45, 2.75) is 123 Å². The summed E-state index contributed by atoms with van der Waals surface area (Å²) < 4.78 is 28.7. The lowest BCUT2D eigenvalue weighted by Crippen LogP contribution is -2.63. The van der Waals surface area contributed by atoms with E-state index in [9.17, 15) is 32.4 Å². The molecule has 2 aliphatic carbocycles. The molecule has 5 amide bonds. The van der Waals surface area contributed by atoms with Crippen LogP contribution in [-0.4, -0.2) is 90.5 Å². The number of amides is 5. The summed E-state index contributed by atoms with van der Waals surface area (Å²) in [4.78, 5) is 68.3.